The number of rotatable bonds is 6. The van der Waals surface area contributed by atoms with E-state index in [1.54, 1.807) is 0 Å². The lowest BCUT2D eigenvalue weighted by atomic mass is 9.78. The molecule has 1 aliphatic heterocycles. The van der Waals surface area contributed by atoms with Gasteiger partial charge in [0.15, 0.2) is 0 Å². The van der Waals surface area contributed by atoms with Crippen molar-refractivity contribution in [3.8, 4) is 0 Å². The van der Waals surface area contributed by atoms with E-state index in [9.17, 15) is 0 Å². The summed E-state index contributed by atoms with van der Waals surface area (Å²) in [6.07, 6.45) is 8.81. The van der Waals surface area contributed by atoms with E-state index < -0.39 is 0 Å². The van der Waals surface area contributed by atoms with Crippen molar-refractivity contribution >= 4 is 0 Å². The molecule has 0 amide bonds. The van der Waals surface area contributed by atoms with Gasteiger partial charge in [-0.2, -0.15) is 0 Å². The van der Waals surface area contributed by atoms with Gasteiger partial charge >= 0.3 is 0 Å². The van der Waals surface area contributed by atoms with Crippen molar-refractivity contribution in [1.29, 1.82) is 0 Å². The summed E-state index contributed by atoms with van der Waals surface area (Å²) in [4.78, 5) is 2.69. The molecule has 1 fully saturated rings. The first-order valence-corrected chi connectivity index (χ1v) is 8.80. The smallest absolute Gasteiger partial charge is 0.0564 e. The second-order valence-electron chi connectivity index (χ2n) is 6.51. The number of nitrogens with zero attached hydrogens (tertiary/aromatic N) is 1. The van der Waals surface area contributed by atoms with E-state index in [1.807, 2.05) is 0 Å². The van der Waals surface area contributed by atoms with Gasteiger partial charge in [-0.05, 0) is 44.3 Å². The Morgan fingerprint density at radius 1 is 1.05 bits per heavy atom. The van der Waals surface area contributed by atoms with Crippen LogP contribution >= 0.6 is 0 Å². The molecule has 2 unspecified atom stereocenters. The Morgan fingerprint density at radius 2 is 1.67 bits per heavy atom. The van der Waals surface area contributed by atoms with Crippen molar-refractivity contribution in [2.45, 2.75) is 70.4 Å². The molecule has 0 bridgehead atoms. The zero-order valence-electron chi connectivity index (χ0n) is 13.9. The fourth-order valence-electron chi connectivity index (χ4n) is 3.83. The van der Waals surface area contributed by atoms with E-state index >= 15 is 0 Å². The van der Waals surface area contributed by atoms with Crippen molar-refractivity contribution in [2.24, 2.45) is 5.73 Å². The molecule has 0 aliphatic carbocycles. The van der Waals surface area contributed by atoms with Crippen LogP contribution < -0.4 is 5.73 Å². The number of benzene rings is 1. The van der Waals surface area contributed by atoms with Gasteiger partial charge in [0.25, 0.3) is 0 Å². The van der Waals surface area contributed by atoms with Crippen molar-refractivity contribution in [2.75, 3.05) is 13.1 Å². The first-order chi connectivity index (χ1) is 10.2. The Labute approximate surface area is 130 Å². The average molecular weight is 288 g/mol. The maximum atomic E-state index is 6.99. The zero-order valence-corrected chi connectivity index (χ0v) is 13.9. The molecule has 0 saturated carbocycles. The van der Waals surface area contributed by atoms with Crippen LogP contribution in [0, 0.1) is 0 Å². The Morgan fingerprint density at radius 3 is 2.19 bits per heavy atom. The number of likely N-dealkylation sites (tertiary alicyclic amines) is 1. The first-order valence-electron chi connectivity index (χ1n) is 8.80. The Bertz CT molecular complexity index is 395. The predicted molar refractivity (Wildman–Crippen MR) is 91.3 cm³/mol. The first kappa shape index (κ1) is 16.5. The molecule has 0 radical (unpaired) electrons. The summed E-state index contributed by atoms with van der Waals surface area (Å²) in [6, 6.07) is 11.2. The lowest BCUT2D eigenvalue weighted by Gasteiger charge is -2.44. The molecule has 1 aromatic rings. The molecule has 118 valence electrons. The highest BCUT2D eigenvalue weighted by atomic mass is 15.2. The normalized spacial score (nSPS) is 21.5. The van der Waals surface area contributed by atoms with Crippen molar-refractivity contribution in [3.63, 3.8) is 0 Å². The molecule has 2 rings (SSSR count). The lowest BCUT2D eigenvalue weighted by Crippen LogP contribution is -2.56. The molecule has 0 spiro atoms. The quantitative estimate of drug-likeness (QED) is 0.846. The van der Waals surface area contributed by atoms with Crippen LogP contribution in [0.5, 0.6) is 0 Å². The van der Waals surface area contributed by atoms with Crippen LogP contribution in [0.4, 0.5) is 0 Å². The third-order valence-electron chi connectivity index (χ3n) is 5.13. The van der Waals surface area contributed by atoms with E-state index in [0.717, 1.165) is 6.42 Å². The maximum Gasteiger partial charge on any atom is 0.0564 e. The minimum atomic E-state index is -0.221. The molecule has 1 saturated heterocycles. The number of hydrogen-bond acceptors (Lipinski definition) is 2. The van der Waals surface area contributed by atoms with E-state index in [-0.39, 0.29) is 5.54 Å². The molecule has 0 aromatic heterocycles. The summed E-state index contributed by atoms with van der Waals surface area (Å²) >= 11 is 0. The standard InChI is InChI=1S/C19H32N2/c1-3-12-18(21-15-10-5-6-11-16-21)19(20,4-2)17-13-8-7-9-14-17/h7-9,13-14,18H,3-6,10-12,15-16,20H2,1-2H3. The Hall–Kier alpha value is -0.860. The van der Waals surface area contributed by atoms with Crippen LogP contribution in [0.25, 0.3) is 0 Å². The highest BCUT2D eigenvalue weighted by molar-refractivity contribution is 5.26. The zero-order chi connectivity index (χ0) is 15.1. The van der Waals surface area contributed by atoms with Crippen molar-refractivity contribution < 1.29 is 0 Å². The van der Waals surface area contributed by atoms with E-state index in [4.69, 9.17) is 5.73 Å². The highest BCUT2D eigenvalue weighted by Crippen LogP contribution is 2.33. The molecule has 1 aromatic carbocycles. The van der Waals surface area contributed by atoms with Crippen LogP contribution in [0.3, 0.4) is 0 Å². The monoisotopic (exact) mass is 288 g/mol. The third kappa shape index (κ3) is 3.87. The summed E-state index contributed by atoms with van der Waals surface area (Å²) in [7, 11) is 0. The molecular weight excluding hydrogens is 256 g/mol. The van der Waals surface area contributed by atoms with Gasteiger partial charge in [-0.15, -0.1) is 0 Å². The van der Waals surface area contributed by atoms with Crippen LogP contribution in [0.2, 0.25) is 0 Å². The average Bonchev–Trinajstić information content (AvgIpc) is 2.82. The molecule has 2 nitrogen and oxygen atoms in total. The minimum Gasteiger partial charge on any atom is -0.320 e. The summed E-state index contributed by atoms with van der Waals surface area (Å²) < 4.78 is 0. The van der Waals surface area contributed by atoms with Gasteiger partial charge in [0, 0.05) is 6.04 Å². The maximum absolute atomic E-state index is 6.99. The van der Waals surface area contributed by atoms with E-state index in [0.29, 0.717) is 6.04 Å². The third-order valence-corrected chi connectivity index (χ3v) is 5.13. The van der Waals surface area contributed by atoms with E-state index in [2.05, 4.69) is 49.1 Å². The van der Waals surface area contributed by atoms with Crippen LogP contribution in [-0.2, 0) is 5.54 Å². The molecule has 1 aliphatic rings. The molecule has 21 heavy (non-hydrogen) atoms. The summed E-state index contributed by atoms with van der Waals surface area (Å²) in [5.41, 5.74) is 8.07. The van der Waals surface area contributed by atoms with Crippen LogP contribution in [0.15, 0.2) is 30.3 Å². The Balaban J connectivity index is 2.28. The van der Waals surface area contributed by atoms with Crippen molar-refractivity contribution in [3.05, 3.63) is 35.9 Å². The molecule has 2 atom stereocenters. The molecule has 2 heteroatoms. The topological polar surface area (TPSA) is 29.3 Å². The Kier molecular flexibility index (Phi) is 6.25. The predicted octanol–water partition coefficient (Wildman–Crippen LogP) is 4.30. The van der Waals surface area contributed by atoms with Gasteiger partial charge in [-0.1, -0.05) is 63.4 Å². The fourth-order valence-corrected chi connectivity index (χ4v) is 3.83. The molecule has 2 N–H and O–H groups in total. The van der Waals surface area contributed by atoms with E-state index in [1.165, 1.54) is 57.2 Å². The lowest BCUT2D eigenvalue weighted by molar-refractivity contribution is 0.108. The second-order valence-corrected chi connectivity index (χ2v) is 6.51. The van der Waals surface area contributed by atoms with Gasteiger partial charge in [-0.25, -0.2) is 0 Å². The van der Waals surface area contributed by atoms with Crippen molar-refractivity contribution in [1.82, 2.24) is 4.90 Å². The second kappa shape index (κ2) is 7.95. The summed E-state index contributed by atoms with van der Waals surface area (Å²) in [5.74, 6) is 0. The van der Waals surface area contributed by atoms with Crippen LogP contribution in [-0.4, -0.2) is 24.0 Å². The SMILES string of the molecule is CCCC(N1CCCCCC1)C(N)(CC)c1ccccc1. The number of nitrogens with two attached hydrogens (primary N) is 1. The summed E-state index contributed by atoms with van der Waals surface area (Å²) in [5, 5.41) is 0. The van der Waals surface area contributed by atoms with Crippen LogP contribution in [0.1, 0.15) is 64.4 Å². The highest BCUT2D eigenvalue weighted by Gasteiger charge is 2.38. The minimum absolute atomic E-state index is 0.221. The largest absolute Gasteiger partial charge is 0.320 e. The summed E-state index contributed by atoms with van der Waals surface area (Å²) in [6.45, 7) is 6.96. The van der Waals surface area contributed by atoms with Gasteiger partial charge in [0.05, 0.1) is 5.54 Å². The van der Waals surface area contributed by atoms with Gasteiger partial charge < -0.3 is 5.73 Å². The van der Waals surface area contributed by atoms with Gasteiger partial charge in [-0.3, -0.25) is 4.90 Å². The number of hydrogen-bond donors (Lipinski definition) is 1. The van der Waals surface area contributed by atoms with Gasteiger partial charge in [0.1, 0.15) is 0 Å². The van der Waals surface area contributed by atoms with Gasteiger partial charge in [0.2, 0.25) is 0 Å². The molecule has 1 heterocycles. The molecular formula is C19H32N2. The fraction of sp³-hybridized carbons (Fsp3) is 0.684.